The van der Waals surface area contributed by atoms with Crippen LogP contribution in [0.2, 0.25) is 0 Å². The number of thiol groups is 1. The number of thioether (sulfide) groups is 1. The van der Waals surface area contributed by atoms with E-state index in [9.17, 15) is 19.2 Å². The second kappa shape index (κ2) is 11.1. The first-order chi connectivity index (χ1) is 10.7. The van der Waals surface area contributed by atoms with Crippen molar-refractivity contribution >= 4 is 48.1 Å². The summed E-state index contributed by atoms with van der Waals surface area (Å²) in [6.07, 6.45) is 1.52. The summed E-state index contributed by atoms with van der Waals surface area (Å²) in [5, 5.41) is 22.1. The van der Waals surface area contributed by atoms with E-state index in [-0.39, 0.29) is 5.75 Å². The van der Waals surface area contributed by atoms with Crippen LogP contribution in [0.25, 0.3) is 0 Å². The highest BCUT2D eigenvalue weighted by atomic mass is 32.2. The number of hydrogen-bond donors (Lipinski definition) is 6. The number of nitrogens with two attached hydrogens (primary N) is 1. The highest BCUT2D eigenvalue weighted by molar-refractivity contribution is 7.98. The zero-order valence-corrected chi connectivity index (χ0v) is 14.2. The molecule has 6 N–H and O–H groups in total. The lowest BCUT2D eigenvalue weighted by molar-refractivity contribution is -0.143. The number of rotatable bonds is 11. The van der Waals surface area contributed by atoms with Crippen LogP contribution in [0.5, 0.6) is 0 Å². The Bertz CT molecular complexity index is 449. The smallest absolute Gasteiger partial charge is 0.327 e. The van der Waals surface area contributed by atoms with E-state index < -0.39 is 48.3 Å². The molecule has 0 saturated heterocycles. The van der Waals surface area contributed by atoms with Gasteiger partial charge in [0, 0.05) is 5.75 Å². The van der Waals surface area contributed by atoms with Gasteiger partial charge in [0.2, 0.25) is 11.8 Å². The van der Waals surface area contributed by atoms with Gasteiger partial charge in [-0.1, -0.05) is 0 Å². The topological polar surface area (TPSA) is 159 Å². The lowest BCUT2D eigenvalue weighted by atomic mass is 10.1. The van der Waals surface area contributed by atoms with Crippen molar-refractivity contribution < 1.29 is 29.4 Å². The molecule has 0 aromatic heterocycles. The molecular formula is C12H21N3O6S2. The molecule has 23 heavy (non-hydrogen) atoms. The fourth-order valence-electron chi connectivity index (χ4n) is 1.50. The average Bonchev–Trinajstić information content (AvgIpc) is 2.48. The molecule has 0 radical (unpaired) electrons. The average molecular weight is 367 g/mol. The summed E-state index contributed by atoms with van der Waals surface area (Å²) in [6, 6.07) is -3.59. The van der Waals surface area contributed by atoms with Gasteiger partial charge in [-0.25, -0.2) is 4.79 Å². The molecule has 9 nitrogen and oxygen atoms in total. The molecule has 2 amide bonds. The van der Waals surface area contributed by atoms with Gasteiger partial charge in [-0.15, -0.1) is 0 Å². The number of hydrogen-bond acceptors (Lipinski definition) is 7. The van der Waals surface area contributed by atoms with E-state index in [4.69, 9.17) is 15.9 Å². The summed E-state index contributed by atoms with van der Waals surface area (Å²) < 4.78 is 0. The third kappa shape index (κ3) is 8.67. The molecule has 0 heterocycles. The summed E-state index contributed by atoms with van der Waals surface area (Å²) in [5.41, 5.74) is 5.65. The van der Waals surface area contributed by atoms with E-state index in [0.717, 1.165) is 0 Å². The SMILES string of the molecule is CSCC[C@H](N)C(=O)N[C@@H](CC(=O)O)C(=O)N[C@@H](CS)C(=O)O. The molecule has 0 aliphatic rings. The Morgan fingerprint density at radius 3 is 2.13 bits per heavy atom. The lowest BCUT2D eigenvalue weighted by Crippen LogP contribution is -2.55. The molecule has 132 valence electrons. The number of carboxylic acids is 2. The van der Waals surface area contributed by atoms with Gasteiger partial charge in [-0.05, 0) is 18.4 Å². The fraction of sp³-hybridized carbons (Fsp3) is 0.667. The van der Waals surface area contributed by atoms with Gasteiger partial charge < -0.3 is 26.6 Å². The molecule has 0 saturated carbocycles. The predicted molar refractivity (Wildman–Crippen MR) is 88.6 cm³/mol. The quantitative estimate of drug-likeness (QED) is 0.241. The van der Waals surface area contributed by atoms with E-state index in [1.807, 2.05) is 6.26 Å². The van der Waals surface area contributed by atoms with Crippen molar-refractivity contribution in [2.75, 3.05) is 17.8 Å². The molecule has 0 aliphatic carbocycles. The summed E-state index contributed by atoms with van der Waals surface area (Å²) in [4.78, 5) is 45.6. The van der Waals surface area contributed by atoms with Crippen LogP contribution in [-0.2, 0) is 19.2 Å². The Labute approximate surface area is 143 Å². The van der Waals surface area contributed by atoms with Crippen molar-refractivity contribution in [3.8, 4) is 0 Å². The summed E-state index contributed by atoms with van der Waals surface area (Å²) in [6.45, 7) is 0. The molecule has 0 spiro atoms. The number of carbonyl (C=O) groups excluding carboxylic acids is 2. The van der Waals surface area contributed by atoms with Gasteiger partial charge in [-0.2, -0.15) is 24.4 Å². The first kappa shape index (κ1) is 21.5. The van der Waals surface area contributed by atoms with Gasteiger partial charge in [0.1, 0.15) is 12.1 Å². The minimum absolute atomic E-state index is 0.179. The molecule has 11 heteroatoms. The van der Waals surface area contributed by atoms with Crippen molar-refractivity contribution in [1.82, 2.24) is 10.6 Å². The van der Waals surface area contributed by atoms with E-state index in [0.29, 0.717) is 12.2 Å². The minimum Gasteiger partial charge on any atom is -0.481 e. The zero-order chi connectivity index (χ0) is 18.0. The molecule has 3 atom stereocenters. The first-order valence-corrected chi connectivity index (χ1v) is 8.66. The molecule has 0 fully saturated rings. The Kier molecular flexibility index (Phi) is 10.4. The van der Waals surface area contributed by atoms with Gasteiger partial charge in [-0.3, -0.25) is 14.4 Å². The third-order valence-corrected chi connectivity index (χ3v) is 3.79. The van der Waals surface area contributed by atoms with Crippen LogP contribution in [0.3, 0.4) is 0 Å². The lowest BCUT2D eigenvalue weighted by Gasteiger charge is -2.21. The van der Waals surface area contributed by atoms with Crippen LogP contribution in [0.15, 0.2) is 0 Å². The van der Waals surface area contributed by atoms with Crippen LogP contribution in [0.1, 0.15) is 12.8 Å². The number of carboxylic acid groups (broad SMARTS) is 2. The maximum absolute atomic E-state index is 12.0. The Hall–Kier alpha value is -1.46. The summed E-state index contributed by atoms with van der Waals surface area (Å²) in [7, 11) is 0. The van der Waals surface area contributed by atoms with Gasteiger partial charge >= 0.3 is 11.9 Å². The molecule has 0 unspecified atom stereocenters. The van der Waals surface area contributed by atoms with Crippen LogP contribution >= 0.6 is 24.4 Å². The summed E-state index contributed by atoms with van der Waals surface area (Å²) in [5.74, 6) is -3.77. The fourth-order valence-corrected chi connectivity index (χ4v) is 2.23. The number of carbonyl (C=O) groups is 4. The standard InChI is InChI=1S/C12H21N3O6S2/c1-23-3-2-6(13)10(18)14-7(4-9(16)17)11(19)15-8(5-22)12(20)21/h6-8,22H,2-5,13H2,1H3,(H,14,18)(H,15,19)(H,16,17)(H,20,21)/t6-,7-,8-/m0/s1. The molecule has 0 aromatic carbocycles. The molecule has 0 rings (SSSR count). The predicted octanol–water partition coefficient (Wildman–Crippen LogP) is -1.47. The van der Waals surface area contributed by atoms with E-state index >= 15 is 0 Å². The van der Waals surface area contributed by atoms with E-state index in [1.54, 1.807) is 0 Å². The minimum atomic E-state index is -1.41. The molecule has 0 aromatic rings. The first-order valence-electron chi connectivity index (χ1n) is 6.63. The van der Waals surface area contributed by atoms with Crippen LogP contribution in [0, 0.1) is 0 Å². The Morgan fingerprint density at radius 2 is 1.70 bits per heavy atom. The van der Waals surface area contributed by atoms with Crippen LogP contribution in [0.4, 0.5) is 0 Å². The van der Waals surface area contributed by atoms with Crippen LogP contribution < -0.4 is 16.4 Å². The van der Waals surface area contributed by atoms with Crippen molar-refractivity contribution in [2.45, 2.75) is 31.0 Å². The zero-order valence-electron chi connectivity index (χ0n) is 12.5. The van der Waals surface area contributed by atoms with E-state index in [1.165, 1.54) is 11.8 Å². The number of aliphatic carboxylic acids is 2. The van der Waals surface area contributed by atoms with Gasteiger partial charge in [0.15, 0.2) is 0 Å². The summed E-state index contributed by atoms with van der Waals surface area (Å²) >= 11 is 5.28. The van der Waals surface area contributed by atoms with Crippen molar-refractivity contribution in [1.29, 1.82) is 0 Å². The van der Waals surface area contributed by atoms with Gasteiger partial charge in [0.25, 0.3) is 0 Å². The molecule has 0 bridgehead atoms. The van der Waals surface area contributed by atoms with Gasteiger partial charge in [0.05, 0.1) is 12.5 Å². The van der Waals surface area contributed by atoms with Crippen LogP contribution in [-0.4, -0.2) is 69.9 Å². The normalized spacial score (nSPS) is 14.4. The second-order valence-electron chi connectivity index (χ2n) is 4.63. The third-order valence-electron chi connectivity index (χ3n) is 2.78. The van der Waals surface area contributed by atoms with E-state index in [2.05, 4.69) is 23.3 Å². The highest BCUT2D eigenvalue weighted by Crippen LogP contribution is 2.01. The number of amides is 2. The number of nitrogens with one attached hydrogen (secondary N) is 2. The maximum atomic E-state index is 12.0. The Balaban J connectivity index is 4.86. The molecular weight excluding hydrogens is 346 g/mol. The Morgan fingerprint density at radius 1 is 1.13 bits per heavy atom. The van der Waals surface area contributed by atoms with Crippen molar-refractivity contribution in [3.05, 3.63) is 0 Å². The maximum Gasteiger partial charge on any atom is 0.327 e. The highest BCUT2D eigenvalue weighted by Gasteiger charge is 2.28. The largest absolute Gasteiger partial charge is 0.481 e. The van der Waals surface area contributed by atoms with Crippen molar-refractivity contribution in [2.24, 2.45) is 5.73 Å². The van der Waals surface area contributed by atoms with Crippen molar-refractivity contribution in [3.63, 3.8) is 0 Å². The second-order valence-corrected chi connectivity index (χ2v) is 5.98. The monoisotopic (exact) mass is 367 g/mol. The molecule has 0 aliphatic heterocycles.